The number of hydrogen-bond acceptors (Lipinski definition) is 4. The minimum absolute atomic E-state index is 0.0704. The van der Waals surface area contributed by atoms with E-state index in [2.05, 4.69) is 10.6 Å². The minimum atomic E-state index is -0.374. The SMILES string of the molecule is COc1cc(N)ccc1C(=O)NCC(=O)NCC(C)C. The number of carbonyl (C=O) groups is 2. The first-order chi connectivity index (χ1) is 9.43. The monoisotopic (exact) mass is 279 g/mol. The Bertz CT molecular complexity index is 487. The summed E-state index contributed by atoms with van der Waals surface area (Å²) in [5.74, 6) is 0.153. The highest BCUT2D eigenvalue weighted by Gasteiger charge is 2.13. The van der Waals surface area contributed by atoms with Crippen LogP contribution in [-0.2, 0) is 4.79 Å². The van der Waals surface area contributed by atoms with Gasteiger partial charge in [0.2, 0.25) is 5.91 Å². The molecular weight excluding hydrogens is 258 g/mol. The van der Waals surface area contributed by atoms with Gasteiger partial charge in [-0.3, -0.25) is 9.59 Å². The molecule has 20 heavy (non-hydrogen) atoms. The van der Waals surface area contributed by atoms with Gasteiger partial charge in [0.1, 0.15) is 5.75 Å². The summed E-state index contributed by atoms with van der Waals surface area (Å²) >= 11 is 0. The second-order valence-corrected chi connectivity index (χ2v) is 4.84. The van der Waals surface area contributed by atoms with Gasteiger partial charge in [-0.05, 0) is 18.1 Å². The zero-order chi connectivity index (χ0) is 15.1. The van der Waals surface area contributed by atoms with Gasteiger partial charge in [-0.2, -0.15) is 0 Å². The Hall–Kier alpha value is -2.24. The van der Waals surface area contributed by atoms with E-state index in [0.717, 1.165) is 0 Å². The van der Waals surface area contributed by atoms with Gasteiger partial charge in [0, 0.05) is 18.3 Å². The molecule has 0 spiro atoms. The van der Waals surface area contributed by atoms with Gasteiger partial charge in [-0.25, -0.2) is 0 Å². The molecule has 0 unspecified atom stereocenters. The summed E-state index contributed by atoms with van der Waals surface area (Å²) in [6.45, 7) is 4.51. The van der Waals surface area contributed by atoms with Gasteiger partial charge in [0.25, 0.3) is 5.91 Å². The molecule has 1 aromatic rings. The molecule has 1 aromatic carbocycles. The predicted octanol–water partition coefficient (Wildman–Crippen LogP) is 0.779. The maximum absolute atomic E-state index is 12.0. The van der Waals surface area contributed by atoms with E-state index >= 15 is 0 Å². The molecule has 2 amide bonds. The highest BCUT2D eigenvalue weighted by atomic mass is 16.5. The van der Waals surface area contributed by atoms with E-state index < -0.39 is 0 Å². The number of nitrogens with one attached hydrogen (secondary N) is 2. The largest absolute Gasteiger partial charge is 0.496 e. The predicted molar refractivity (Wildman–Crippen MR) is 77.6 cm³/mol. The normalized spacial score (nSPS) is 10.2. The quantitative estimate of drug-likeness (QED) is 0.671. The van der Waals surface area contributed by atoms with Crippen LogP contribution in [-0.4, -0.2) is 32.0 Å². The van der Waals surface area contributed by atoms with E-state index in [4.69, 9.17) is 10.5 Å². The van der Waals surface area contributed by atoms with Crippen molar-refractivity contribution in [3.05, 3.63) is 23.8 Å². The summed E-state index contributed by atoms with van der Waals surface area (Å²) in [5, 5.41) is 5.27. The number of benzene rings is 1. The van der Waals surface area contributed by atoms with Crippen LogP contribution in [0, 0.1) is 5.92 Å². The molecule has 0 bridgehead atoms. The van der Waals surface area contributed by atoms with Crippen LogP contribution in [0.3, 0.4) is 0 Å². The first-order valence-corrected chi connectivity index (χ1v) is 6.42. The lowest BCUT2D eigenvalue weighted by atomic mass is 10.1. The summed E-state index contributed by atoms with van der Waals surface area (Å²) < 4.78 is 5.09. The third-order valence-corrected chi connectivity index (χ3v) is 2.59. The number of rotatable bonds is 6. The molecule has 0 atom stereocenters. The van der Waals surface area contributed by atoms with Crippen LogP contribution >= 0.6 is 0 Å². The number of anilines is 1. The van der Waals surface area contributed by atoms with E-state index in [1.807, 2.05) is 13.8 Å². The molecule has 0 saturated carbocycles. The second kappa shape index (κ2) is 7.37. The van der Waals surface area contributed by atoms with Crippen molar-refractivity contribution in [3.63, 3.8) is 0 Å². The van der Waals surface area contributed by atoms with Crippen molar-refractivity contribution in [2.75, 3.05) is 25.9 Å². The average molecular weight is 279 g/mol. The summed E-state index contributed by atoms with van der Waals surface area (Å²) in [7, 11) is 1.46. The standard InChI is InChI=1S/C14H21N3O3/c1-9(2)7-16-13(18)8-17-14(19)11-5-4-10(15)6-12(11)20-3/h4-6,9H,7-8,15H2,1-3H3,(H,16,18)(H,17,19). The van der Waals surface area contributed by atoms with Crippen LogP contribution in [0.1, 0.15) is 24.2 Å². The van der Waals surface area contributed by atoms with E-state index in [9.17, 15) is 9.59 Å². The smallest absolute Gasteiger partial charge is 0.255 e. The number of ether oxygens (including phenoxy) is 1. The fourth-order valence-corrected chi connectivity index (χ4v) is 1.53. The molecule has 0 aliphatic heterocycles. The van der Waals surface area contributed by atoms with Gasteiger partial charge in [-0.15, -0.1) is 0 Å². The maximum atomic E-state index is 12.0. The van der Waals surface area contributed by atoms with E-state index in [1.165, 1.54) is 7.11 Å². The molecule has 0 aliphatic carbocycles. The first kappa shape index (κ1) is 15.8. The molecule has 0 aliphatic rings. The third kappa shape index (κ3) is 4.79. The first-order valence-electron chi connectivity index (χ1n) is 6.42. The number of hydrogen-bond donors (Lipinski definition) is 3. The molecule has 1 rings (SSSR count). The number of amides is 2. The Morgan fingerprint density at radius 1 is 1.30 bits per heavy atom. The van der Waals surface area contributed by atoms with Crippen LogP contribution in [0.5, 0.6) is 5.75 Å². The molecule has 110 valence electrons. The molecule has 6 nitrogen and oxygen atoms in total. The molecule has 0 heterocycles. The average Bonchev–Trinajstić information content (AvgIpc) is 2.42. The highest BCUT2D eigenvalue weighted by molar-refractivity contribution is 5.99. The second-order valence-electron chi connectivity index (χ2n) is 4.84. The van der Waals surface area contributed by atoms with Crippen molar-refractivity contribution >= 4 is 17.5 Å². The molecule has 6 heteroatoms. The Morgan fingerprint density at radius 3 is 2.60 bits per heavy atom. The van der Waals surface area contributed by atoms with Crippen molar-refractivity contribution in [2.45, 2.75) is 13.8 Å². The van der Waals surface area contributed by atoms with Crippen molar-refractivity contribution in [1.29, 1.82) is 0 Å². The van der Waals surface area contributed by atoms with Gasteiger partial charge in [-0.1, -0.05) is 13.8 Å². The van der Waals surface area contributed by atoms with Crippen molar-refractivity contribution in [2.24, 2.45) is 5.92 Å². The highest BCUT2D eigenvalue weighted by Crippen LogP contribution is 2.21. The van der Waals surface area contributed by atoms with Crippen LogP contribution in [0.15, 0.2) is 18.2 Å². The fourth-order valence-electron chi connectivity index (χ4n) is 1.53. The Morgan fingerprint density at radius 2 is 2.00 bits per heavy atom. The lowest BCUT2D eigenvalue weighted by Crippen LogP contribution is -2.38. The lowest BCUT2D eigenvalue weighted by molar-refractivity contribution is -0.120. The van der Waals surface area contributed by atoms with E-state index in [1.54, 1.807) is 18.2 Å². The number of nitrogen functional groups attached to an aromatic ring is 1. The van der Waals surface area contributed by atoms with Gasteiger partial charge >= 0.3 is 0 Å². The molecule has 0 saturated heterocycles. The number of nitrogens with two attached hydrogens (primary N) is 1. The maximum Gasteiger partial charge on any atom is 0.255 e. The molecule has 0 radical (unpaired) electrons. The molecule has 4 N–H and O–H groups in total. The Labute approximate surface area is 118 Å². The molecular formula is C14H21N3O3. The minimum Gasteiger partial charge on any atom is -0.496 e. The van der Waals surface area contributed by atoms with Crippen LogP contribution in [0.25, 0.3) is 0 Å². The third-order valence-electron chi connectivity index (χ3n) is 2.59. The van der Waals surface area contributed by atoms with Crippen LogP contribution in [0.4, 0.5) is 5.69 Å². The lowest BCUT2D eigenvalue weighted by Gasteiger charge is -2.11. The molecule has 0 aromatic heterocycles. The molecule has 0 fully saturated rings. The Kier molecular flexibility index (Phi) is 5.83. The van der Waals surface area contributed by atoms with Crippen molar-refractivity contribution in [1.82, 2.24) is 10.6 Å². The fraction of sp³-hybridized carbons (Fsp3) is 0.429. The number of methoxy groups -OCH3 is 1. The van der Waals surface area contributed by atoms with Gasteiger partial charge in [0.05, 0.1) is 19.2 Å². The number of carbonyl (C=O) groups excluding carboxylic acids is 2. The summed E-state index contributed by atoms with van der Waals surface area (Å²) in [6.07, 6.45) is 0. The van der Waals surface area contributed by atoms with Gasteiger partial charge < -0.3 is 21.1 Å². The van der Waals surface area contributed by atoms with Crippen LogP contribution < -0.4 is 21.1 Å². The summed E-state index contributed by atoms with van der Waals surface area (Å²) in [5.41, 5.74) is 6.47. The topological polar surface area (TPSA) is 93.4 Å². The zero-order valence-corrected chi connectivity index (χ0v) is 12.0. The van der Waals surface area contributed by atoms with Gasteiger partial charge in [0.15, 0.2) is 0 Å². The summed E-state index contributed by atoms with van der Waals surface area (Å²) in [6, 6.07) is 4.74. The van der Waals surface area contributed by atoms with Crippen LogP contribution in [0.2, 0.25) is 0 Å². The Balaban J connectivity index is 2.57. The van der Waals surface area contributed by atoms with E-state index in [-0.39, 0.29) is 18.4 Å². The van der Waals surface area contributed by atoms with Crippen molar-refractivity contribution < 1.29 is 14.3 Å². The summed E-state index contributed by atoms with van der Waals surface area (Å²) in [4.78, 5) is 23.5. The van der Waals surface area contributed by atoms with Crippen molar-refractivity contribution in [3.8, 4) is 5.75 Å². The zero-order valence-electron chi connectivity index (χ0n) is 12.0. The van der Waals surface area contributed by atoms with E-state index in [0.29, 0.717) is 29.5 Å².